The van der Waals surface area contributed by atoms with E-state index in [0.29, 0.717) is 37.0 Å². The van der Waals surface area contributed by atoms with Crippen molar-refractivity contribution in [3.05, 3.63) is 71.6 Å². The fourth-order valence-electron chi connectivity index (χ4n) is 3.76. The standard InChI is InChI=1S/C25H24F3N5O3/c1-16-15-33(24(34)30-22-8-9-23(35-2)32-31-22)11-10-18(16)12-17-4-3-5-19(13-17)36-20-6-7-21(29-14-20)25(26,27)28/h3-9,12-14,16H,10-11,15H2,1-2H3,(H,30,31,34)/b18-12+. The normalized spacial score (nSPS) is 17.1. The molecule has 36 heavy (non-hydrogen) atoms. The summed E-state index contributed by atoms with van der Waals surface area (Å²) in [5, 5.41) is 10.5. The summed E-state index contributed by atoms with van der Waals surface area (Å²) in [4.78, 5) is 17.8. The van der Waals surface area contributed by atoms with E-state index < -0.39 is 11.9 Å². The van der Waals surface area contributed by atoms with Gasteiger partial charge in [0.1, 0.15) is 17.2 Å². The lowest BCUT2D eigenvalue weighted by Crippen LogP contribution is -2.42. The molecule has 1 atom stereocenters. The predicted octanol–water partition coefficient (Wildman–Crippen LogP) is 5.65. The molecule has 2 amide bonds. The molecule has 8 nitrogen and oxygen atoms in total. The van der Waals surface area contributed by atoms with E-state index in [4.69, 9.17) is 9.47 Å². The lowest BCUT2D eigenvalue weighted by Gasteiger charge is -2.33. The number of likely N-dealkylation sites (tertiary alicyclic amines) is 1. The largest absolute Gasteiger partial charge is 0.480 e. The van der Waals surface area contributed by atoms with Crippen molar-refractivity contribution in [1.82, 2.24) is 20.1 Å². The molecule has 1 fully saturated rings. The van der Waals surface area contributed by atoms with E-state index in [1.54, 1.807) is 29.2 Å². The molecule has 1 aromatic carbocycles. The number of ether oxygens (including phenoxy) is 2. The van der Waals surface area contributed by atoms with Crippen LogP contribution in [-0.2, 0) is 6.18 Å². The van der Waals surface area contributed by atoms with Gasteiger partial charge < -0.3 is 14.4 Å². The number of hydrogen-bond donors (Lipinski definition) is 1. The molecule has 0 radical (unpaired) electrons. The van der Waals surface area contributed by atoms with Crippen LogP contribution in [0.2, 0.25) is 0 Å². The molecule has 3 heterocycles. The summed E-state index contributed by atoms with van der Waals surface area (Å²) in [5.74, 6) is 1.52. The van der Waals surface area contributed by atoms with Crippen molar-refractivity contribution in [3.63, 3.8) is 0 Å². The van der Waals surface area contributed by atoms with Crippen LogP contribution in [0, 0.1) is 5.92 Å². The van der Waals surface area contributed by atoms with Crippen molar-refractivity contribution in [1.29, 1.82) is 0 Å². The molecule has 0 aliphatic carbocycles. The molecule has 1 N–H and O–H groups in total. The molecule has 188 valence electrons. The number of piperidine rings is 1. The quantitative estimate of drug-likeness (QED) is 0.488. The fraction of sp³-hybridized carbons (Fsp3) is 0.280. The van der Waals surface area contributed by atoms with E-state index >= 15 is 0 Å². The second-order valence-corrected chi connectivity index (χ2v) is 8.26. The van der Waals surface area contributed by atoms with Crippen LogP contribution < -0.4 is 14.8 Å². The van der Waals surface area contributed by atoms with Gasteiger partial charge in [0.15, 0.2) is 5.82 Å². The van der Waals surface area contributed by atoms with Crippen LogP contribution in [0.15, 0.2) is 60.3 Å². The average molecular weight is 499 g/mol. The van der Waals surface area contributed by atoms with Crippen LogP contribution in [0.1, 0.15) is 24.6 Å². The second-order valence-electron chi connectivity index (χ2n) is 8.26. The first-order valence-corrected chi connectivity index (χ1v) is 11.2. The number of benzene rings is 1. The Morgan fingerprint density at radius 3 is 2.61 bits per heavy atom. The Kier molecular flexibility index (Phi) is 7.37. The summed E-state index contributed by atoms with van der Waals surface area (Å²) in [7, 11) is 1.49. The van der Waals surface area contributed by atoms with E-state index in [9.17, 15) is 18.0 Å². The second kappa shape index (κ2) is 10.6. The van der Waals surface area contributed by atoms with Gasteiger partial charge in [-0.25, -0.2) is 9.78 Å². The van der Waals surface area contributed by atoms with Gasteiger partial charge in [-0.3, -0.25) is 5.32 Å². The van der Waals surface area contributed by atoms with Crippen LogP contribution in [0.5, 0.6) is 17.4 Å². The average Bonchev–Trinajstić information content (AvgIpc) is 2.86. The summed E-state index contributed by atoms with van der Waals surface area (Å²) in [5.41, 5.74) is 1.09. The minimum Gasteiger partial charge on any atom is -0.480 e. The number of pyridine rings is 1. The molecule has 4 rings (SSSR count). The summed E-state index contributed by atoms with van der Waals surface area (Å²) >= 11 is 0. The number of methoxy groups -OCH3 is 1. The zero-order valence-corrected chi connectivity index (χ0v) is 19.6. The van der Waals surface area contributed by atoms with Crippen LogP contribution in [0.3, 0.4) is 0 Å². The van der Waals surface area contributed by atoms with Crippen molar-refractivity contribution < 1.29 is 27.4 Å². The maximum absolute atomic E-state index is 12.7. The van der Waals surface area contributed by atoms with Crippen LogP contribution in [0.4, 0.5) is 23.8 Å². The van der Waals surface area contributed by atoms with Gasteiger partial charge in [-0.05, 0) is 48.2 Å². The fourth-order valence-corrected chi connectivity index (χ4v) is 3.76. The van der Waals surface area contributed by atoms with Crippen LogP contribution >= 0.6 is 0 Å². The van der Waals surface area contributed by atoms with Gasteiger partial charge in [-0.15, -0.1) is 10.2 Å². The predicted molar refractivity (Wildman–Crippen MR) is 127 cm³/mol. The maximum atomic E-state index is 12.7. The molecule has 1 unspecified atom stereocenters. The minimum absolute atomic E-state index is 0.120. The van der Waals surface area contributed by atoms with Crippen molar-refractivity contribution in [2.24, 2.45) is 5.92 Å². The summed E-state index contributed by atoms with van der Waals surface area (Å²) < 4.78 is 48.8. The summed E-state index contributed by atoms with van der Waals surface area (Å²) in [6.45, 7) is 3.13. The minimum atomic E-state index is -4.50. The van der Waals surface area contributed by atoms with Crippen molar-refractivity contribution in [2.75, 3.05) is 25.5 Å². The Morgan fingerprint density at radius 1 is 1.14 bits per heavy atom. The van der Waals surface area contributed by atoms with Crippen molar-refractivity contribution in [3.8, 4) is 17.4 Å². The third kappa shape index (κ3) is 6.29. The smallest absolute Gasteiger partial charge is 0.433 e. The Hall–Kier alpha value is -4.15. The number of carbonyl (C=O) groups is 1. The lowest BCUT2D eigenvalue weighted by molar-refractivity contribution is -0.141. The van der Waals surface area contributed by atoms with E-state index in [-0.39, 0.29) is 17.7 Å². The first-order valence-electron chi connectivity index (χ1n) is 11.2. The van der Waals surface area contributed by atoms with Gasteiger partial charge >= 0.3 is 12.2 Å². The lowest BCUT2D eigenvalue weighted by atomic mass is 9.91. The highest BCUT2D eigenvalue weighted by molar-refractivity contribution is 5.88. The maximum Gasteiger partial charge on any atom is 0.433 e. The van der Waals surface area contributed by atoms with Gasteiger partial charge in [0.05, 0.1) is 13.3 Å². The van der Waals surface area contributed by atoms with E-state index in [1.165, 1.54) is 18.7 Å². The van der Waals surface area contributed by atoms with Crippen LogP contribution in [-0.4, -0.2) is 46.3 Å². The number of nitrogens with one attached hydrogen (secondary N) is 1. The molecule has 0 spiro atoms. The molecule has 11 heteroatoms. The van der Waals surface area contributed by atoms with Gasteiger partial charge in [0, 0.05) is 19.2 Å². The number of halogens is 3. The third-order valence-corrected chi connectivity index (χ3v) is 5.64. The molecule has 1 saturated heterocycles. The number of nitrogens with zero attached hydrogens (tertiary/aromatic N) is 4. The van der Waals surface area contributed by atoms with Gasteiger partial charge in [-0.1, -0.05) is 30.7 Å². The molecule has 3 aromatic rings. The van der Waals surface area contributed by atoms with Crippen molar-refractivity contribution in [2.45, 2.75) is 19.5 Å². The SMILES string of the molecule is COc1ccc(NC(=O)N2CC/C(=C\c3cccc(Oc4ccc(C(F)(F)F)nc4)c3)C(C)C2)nn1. The number of alkyl halides is 3. The van der Waals surface area contributed by atoms with E-state index in [1.807, 2.05) is 25.1 Å². The first kappa shape index (κ1) is 25.0. The molecule has 1 aliphatic heterocycles. The Labute approximate surface area is 205 Å². The zero-order chi connectivity index (χ0) is 25.7. The number of carbonyl (C=O) groups excluding carboxylic acids is 1. The summed E-state index contributed by atoms with van der Waals surface area (Å²) in [6.07, 6.45) is -0.709. The molecule has 0 bridgehead atoms. The number of hydrogen-bond acceptors (Lipinski definition) is 6. The number of amides is 2. The highest BCUT2D eigenvalue weighted by Crippen LogP contribution is 2.30. The molecule has 2 aromatic heterocycles. The topological polar surface area (TPSA) is 89.5 Å². The highest BCUT2D eigenvalue weighted by atomic mass is 19.4. The van der Waals surface area contributed by atoms with Gasteiger partial charge in [-0.2, -0.15) is 13.2 Å². The number of aromatic nitrogens is 3. The van der Waals surface area contributed by atoms with Gasteiger partial charge in [0.25, 0.3) is 0 Å². The third-order valence-electron chi connectivity index (χ3n) is 5.64. The zero-order valence-electron chi connectivity index (χ0n) is 19.6. The first-order chi connectivity index (χ1) is 17.2. The number of rotatable bonds is 5. The molecule has 0 saturated carbocycles. The van der Waals surface area contributed by atoms with Crippen molar-refractivity contribution >= 4 is 17.9 Å². The van der Waals surface area contributed by atoms with Crippen LogP contribution in [0.25, 0.3) is 6.08 Å². The Morgan fingerprint density at radius 2 is 1.97 bits per heavy atom. The molecular weight excluding hydrogens is 475 g/mol. The monoisotopic (exact) mass is 499 g/mol. The number of anilines is 1. The number of urea groups is 1. The van der Waals surface area contributed by atoms with E-state index in [2.05, 4.69) is 20.5 Å². The van der Waals surface area contributed by atoms with Gasteiger partial charge in [0.2, 0.25) is 5.88 Å². The Balaban J connectivity index is 1.37. The highest BCUT2D eigenvalue weighted by Gasteiger charge is 2.32. The molecular formula is C25H24F3N5O3. The summed E-state index contributed by atoms with van der Waals surface area (Å²) in [6, 6.07) is 12.4. The molecule has 1 aliphatic rings. The Bertz CT molecular complexity index is 1230. The van der Waals surface area contributed by atoms with E-state index in [0.717, 1.165) is 17.8 Å².